The summed E-state index contributed by atoms with van der Waals surface area (Å²) < 4.78 is 25.5. The summed E-state index contributed by atoms with van der Waals surface area (Å²) >= 11 is 6.12. The predicted octanol–water partition coefficient (Wildman–Crippen LogP) is 2.85. The lowest BCUT2D eigenvalue weighted by Gasteiger charge is -2.22. The zero-order valence-corrected chi connectivity index (χ0v) is 19.2. The van der Waals surface area contributed by atoms with E-state index in [0.29, 0.717) is 23.7 Å². The summed E-state index contributed by atoms with van der Waals surface area (Å²) in [5.41, 5.74) is 3.03. The van der Waals surface area contributed by atoms with E-state index >= 15 is 0 Å². The number of benzene rings is 2. The van der Waals surface area contributed by atoms with Crippen LogP contribution in [0.1, 0.15) is 29.5 Å². The Morgan fingerprint density at radius 3 is 2.58 bits per heavy atom. The highest BCUT2D eigenvalue weighted by molar-refractivity contribution is 7.92. The van der Waals surface area contributed by atoms with Crippen molar-refractivity contribution in [3.63, 3.8) is 0 Å². The Morgan fingerprint density at radius 1 is 1.19 bits per heavy atom. The maximum absolute atomic E-state index is 12.5. The third-order valence-electron chi connectivity index (χ3n) is 5.16. The van der Waals surface area contributed by atoms with Gasteiger partial charge in [-0.15, -0.1) is 0 Å². The minimum absolute atomic E-state index is 0.163. The molecule has 0 saturated carbocycles. The topological polar surface area (TPSA) is 86.8 Å². The maximum Gasteiger partial charge on any atom is 0.241 e. The van der Waals surface area contributed by atoms with E-state index in [2.05, 4.69) is 5.32 Å². The molecule has 1 N–H and O–H groups in total. The third kappa shape index (κ3) is 6.21. The molecule has 2 aromatic carbocycles. The van der Waals surface area contributed by atoms with Gasteiger partial charge in [0.05, 0.1) is 11.9 Å². The van der Waals surface area contributed by atoms with Crippen LogP contribution in [0.3, 0.4) is 0 Å². The molecule has 2 aromatic rings. The summed E-state index contributed by atoms with van der Waals surface area (Å²) in [6.45, 7) is 3.05. The molecule has 1 saturated heterocycles. The van der Waals surface area contributed by atoms with Crippen molar-refractivity contribution in [2.75, 3.05) is 23.7 Å². The number of sulfonamides is 1. The highest BCUT2D eigenvalue weighted by Gasteiger charge is 2.22. The zero-order valence-electron chi connectivity index (χ0n) is 17.6. The fourth-order valence-corrected chi connectivity index (χ4v) is 4.48. The average Bonchev–Trinajstić information content (AvgIpc) is 3.11. The van der Waals surface area contributed by atoms with Crippen LogP contribution in [-0.2, 0) is 32.7 Å². The van der Waals surface area contributed by atoms with Crippen molar-refractivity contribution >= 4 is 39.1 Å². The van der Waals surface area contributed by atoms with Gasteiger partial charge in [0.1, 0.15) is 6.54 Å². The Morgan fingerprint density at radius 2 is 1.94 bits per heavy atom. The molecule has 1 aliphatic rings. The standard InChI is InChI=1S/C22H26ClN3O4S/c1-16-8-9-19(12-20(16)23)26(31(2,29)30)15-21(27)24-13-17-5-3-6-18(11-17)14-25-10-4-7-22(25)28/h3,5-6,8-9,11-12H,4,7,10,13-15H2,1-2H3,(H,24,27). The average molecular weight is 464 g/mol. The highest BCUT2D eigenvalue weighted by atomic mass is 35.5. The fourth-order valence-electron chi connectivity index (χ4n) is 3.45. The number of rotatable bonds is 8. The van der Waals surface area contributed by atoms with Crippen LogP contribution in [0.4, 0.5) is 5.69 Å². The first-order valence-corrected chi connectivity index (χ1v) is 12.2. The van der Waals surface area contributed by atoms with Gasteiger partial charge in [-0.1, -0.05) is 41.9 Å². The molecule has 0 unspecified atom stereocenters. The lowest BCUT2D eigenvalue weighted by molar-refractivity contribution is -0.128. The molecule has 7 nitrogen and oxygen atoms in total. The van der Waals surface area contributed by atoms with Gasteiger partial charge in [-0.3, -0.25) is 13.9 Å². The van der Waals surface area contributed by atoms with E-state index in [9.17, 15) is 18.0 Å². The van der Waals surface area contributed by atoms with Crippen LogP contribution in [0.25, 0.3) is 0 Å². The Hall–Kier alpha value is -2.58. The van der Waals surface area contributed by atoms with Crippen molar-refractivity contribution in [3.05, 3.63) is 64.2 Å². The minimum atomic E-state index is -3.67. The number of nitrogens with one attached hydrogen (secondary N) is 1. The van der Waals surface area contributed by atoms with Crippen LogP contribution in [0.15, 0.2) is 42.5 Å². The smallest absolute Gasteiger partial charge is 0.241 e. The van der Waals surface area contributed by atoms with Crippen molar-refractivity contribution in [2.45, 2.75) is 32.9 Å². The molecular formula is C22H26ClN3O4S. The monoisotopic (exact) mass is 463 g/mol. The quantitative estimate of drug-likeness (QED) is 0.652. The van der Waals surface area contributed by atoms with Crippen LogP contribution in [0.5, 0.6) is 0 Å². The highest BCUT2D eigenvalue weighted by Crippen LogP contribution is 2.24. The van der Waals surface area contributed by atoms with Gasteiger partial charge in [-0.05, 0) is 42.2 Å². The maximum atomic E-state index is 12.5. The van der Waals surface area contributed by atoms with E-state index in [1.165, 1.54) is 6.07 Å². The molecule has 0 spiro atoms. The van der Waals surface area contributed by atoms with Crippen molar-refractivity contribution in [1.29, 1.82) is 0 Å². The summed E-state index contributed by atoms with van der Waals surface area (Å²) in [5.74, 6) is -0.266. The van der Waals surface area contributed by atoms with Crippen LogP contribution in [0.2, 0.25) is 5.02 Å². The molecule has 0 radical (unpaired) electrons. The Kier molecular flexibility index (Phi) is 7.23. The normalized spacial score (nSPS) is 14.0. The van der Waals surface area contributed by atoms with Crippen molar-refractivity contribution < 1.29 is 18.0 Å². The number of amides is 2. The predicted molar refractivity (Wildman–Crippen MR) is 121 cm³/mol. The molecule has 0 bridgehead atoms. The summed E-state index contributed by atoms with van der Waals surface area (Å²) in [5, 5.41) is 3.20. The molecule has 0 aliphatic carbocycles. The van der Waals surface area contributed by atoms with Crippen LogP contribution in [-0.4, -0.2) is 44.5 Å². The van der Waals surface area contributed by atoms with Gasteiger partial charge < -0.3 is 10.2 Å². The van der Waals surface area contributed by atoms with Crippen molar-refractivity contribution in [1.82, 2.24) is 10.2 Å². The lowest BCUT2D eigenvalue weighted by Crippen LogP contribution is -2.40. The first-order chi connectivity index (χ1) is 14.6. The van der Waals surface area contributed by atoms with Gasteiger partial charge in [0.15, 0.2) is 0 Å². The number of halogens is 1. The first kappa shape index (κ1) is 23.1. The van der Waals surface area contributed by atoms with E-state index in [0.717, 1.165) is 40.2 Å². The minimum Gasteiger partial charge on any atom is -0.350 e. The van der Waals surface area contributed by atoms with Gasteiger partial charge in [0, 0.05) is 31.1 Å². The molecule has 3 rings (SSSR count). The van der Waals surface area contributed by atoms with E-state index in [4.69, 9.17) is 11.6 Å². The van der Waals surface area contributed by atoms with Gasteiger partial charge in [-0.25, -0.2) is 8.42 Å². The molecule has 1 fully saturated rings. The molecule has 0 atom stereocenters. The van der Waals surface area contributed by atoms with Crippen LogP contribution in [0, 0.1) is 6.92 Å². The number of aryl methyl sites for hydroxylation is 1. The number of carbonyl (C=O) groups is 2. The molecule has 1 heterocycles. The van der Waals surface area contributed by atoms with Crippen LogP contribution < -0.4 is 9.62 Å². The molecule has 0 aromatic heterocycles. The summed E-state index contributed by atoms with van der Waals surface area (Å²) in [4.78, 5) is 26.2. The van der Waals surface area contributed by atoms with Gasteiger partial charge >= 0.3 is 0 Å². The van der Waals surface area contributed by atoms with E-state index in [-0.39, 0.29) is 19.0 Å². The number of nitrogens with zero attached hydrogens (tertiary/aromatic N) is 2. The van der Waals surface area contributed by atoms with E-state index in [1.807, 2.05) is 36.1 Å². The largest absolute Gasteiger partial charge is 0.350 e. The molecule has 1 aliphatic heterocycles. The molecule has 2 amide bonds. The SMILES string of the molecule is Cc1ccc(N(CC(=O)NCc2cccc(CN3CCCC3=O)c2)S(C)(=O)=O)cc1Cl. The number of hydrogen-bond donors (Lipinski definition) is 1. The lowest BCUT2D eigenvalue weighted by atomic mass is 10.1. The van der Waals surface area contributed by atoms with Gasteiger partial charge in [0.2, 0.25) is 21.8 Å². The van der Waals surface area contributed by atoms with Gasteiger partial charge in [-0.2, -0.15) is 0 Å². The zero-order chi connectivity index (χ0) is 22.6. The Balaban J connectivity index is 1.63. The second kappa shape index (κ2) is 9.70. The Labute approximate surface area is 188 Å². The molecular weight excluding hydrogens is 438 g/mol. The Bertz CT molecular complexity index is 1090. The number of likely N-dealkylation sites (tertiary alicyclic amines) is 1. The second-order valence-electron chi connectivity index (χ2n) is 7.72. The third-order valence-corrected chi connectivity index (χ3v) is 6.70. The fraction of sp³-hybridized carbons (Fsp3) is 0.364. The van der Waals surface area contributed by atoms with Crippen molar-refractivity contribution in [2.24, 2.45) is 0 Å². The number of anilines is 1. The molecule has 31 heavy (non-hydrogen) atoms. The molecule has 166 valence electrons. The molecule has 9 heteroatoms. The van der Waals surface area contributed by atoms with Gasteiger partial charge in [0.25, 0.3) is 0 Å². The number of hydrogen-bond acceptors (Lipinski definition) is 4. The van der Waals surface area contributed by atoms with Crippen LogP contribution >= 0.6 is 11.6 Å². The van der Waals surface area contributed by atoms with E-state index < -0.39 is 15.9 Å². The second-order valence-corrected chi connectivity index (χ2v) is 10.0. The summed E-state index contributed by atoms with van der Waals surface area (Å²) in [6.07, 6.45) is 2.54. The first-order valence-electron chi connectivity index (χ1n) is 9.99. The van der Waals surface area contributed by atoms with Crippen molar-refractivity contribution in [3.8, 4) is 0 Å². The summed E-state index contributed by atoms with van der Waals surface area (Å²) in [7, 11) is -3.67. The van der Waals surface area contributed by atoms with E-state index in [1.54, 1.807) is 12.1 Å². The number of carbonyl (C=O) groups excluding carboxylic acids is 2. The summed E-state index contributed by atoms with van der Waals surface area (Å²) in [6, 6.07) is 12.5.